The second kappa shape index (κ2) is 8.11. The predicted molar refractivity (Wildman–Crippen MR) is 88.6 cm³/mol. The first kappa shape index (κ1) is 18.9. The molecule has 2 aromatic carbocycles. The zero-order valence-corrected chi connectivity index (χ0v) is 14.3. The van der Waals surface area contributed by atoms with E-state index in [4.69, 9.17) is 4.74 Å². The third-order valence-corrected chi connectivity index (χ3v) is 4.85. The summed E-state index contributed by atoms with van der Waals surface area (Å²) in [6.07, 6.45) is -1.11. The number of benzene rings is 2. The number of hydrogen-bond acceptors (Lipinski definition) is 6. The van der Waals surface area contributed by atoms with Gasteiger partial charge in [-0.25, -0.2) is 13.1 Å². The van der Waals surface area contributed by atoms with Crippen LogP contribution < -0.4 is 14.6 Å². The third kappa shape index (κ3) is 5.28. The molecule has 7 nitrogen and oxygen atoms in total. The highest BCUT2D eigenvalue weighted by Crippen LogP contribution is 2.15. The van der Waals surface area contributed by atoms with Gasteiger partial charge in [-0.1, -0.05) is 35.9 Å². The Labute approximate surface area is 145 Å². The second-order valence-electron chi connectivity index (χ2n) is 5.41. The molecule has 0 bridgehead atoms. The Balaban J connectivity index is 1.95. The van der Waals surface area contributed by atoms with E-state index in [1.165, 1.54) is 12.1 Å². The lowest BCUT2D eigenvalue weighted by molar-refractivity contribution is -0.255. The third-order valence-electron chi connectivity index (χ3n) is 3.37. The molecule has 0 radical (unpaired) electrons. The first-order valence-electron chi connectivity index (χ1n) is 7.47. The molecule has 25 heavy (non-hydrogen) atoms. The second-order valence-corrected chi connectivity index (χ2v) is 7.15. The molecule has 1 atom stereocenters. The molecule has 2 N–H and O–H groups in total. The van der Waals surface area contributed by atoms with E-state index in [-0.39, 0.29) is 13.2 Å². The van der Waals surface area contributed by atoms with Gasteiger partial charge in [0.2, 0.25) is 10.0 Å². The Morgan fingerprint density at radius 3 is 2.48 bits per heavy atom. The van der Waals surface area contributed by atoms with Gasteiger partial charge in [0.05, 0.1) is 10.9 Å². The average Bonchev–Trinajstić information content (AvgIpc) is 2.59. The van der Waals surface area contributed by atoms with Crippen LogP contribution in [0.5, 0.6) is 5.75 Å². The number of carboxylic acid groups (broad SMARTS) is 1. The normalized spacial score (nSPS) is 12.6. The number of sulfonamides is 1. The number of rotatable bonds is 8. The van der Waals surface area contributed by atoms with Crippen LogP contribution in [-0.4, -0.2) is 38.7 Å². The zero-order chi connectivity index (χ0) is 18.4. The molecule has 0 saturated carbocycles. The van der Waals surface area contributed by atoms with Crippen molar-refractivity contribution in [3.05, 3.63) is 59.7 Å². The minimum atomic E-state index is -4.11. The number of aliphatic hydroxyl groups is 1. The Morgan fingerprint density at radius 1 is 1.20 bits per heavy atom. The van der Waals surface area contributed by atoms with Crippen LogP contribution in [0.1, 0.15) is 15.9 Å². The number of aromatic carboxylic acids is 1. The van der Waals surface area contributed by atoms with Gasteiger partial charge in [0.15, 0.2) is 0 Å². The SMILES string of the molecule is Cc1ccc(OC[C@@H](O)CNS(=O)(=O)c2ccccc2C(=O)[O-])cc1. The first-order valence-corrected chi connectivity index (χ1v) is 8.95. The standard InChI is InChI=1S/C17H19NO6S/c1-12-6-8-14(9-7-12)24-11-13(19)10-18-25(22,23)16-5-3-2-4-15(16)17(20)21/h2-9,13,18-19H,10-11H2,1H3,(H,20,21)/p-1/t13-/m0/s1. The van der Waals surface area contributed by atoms with Crippen LogP contribution in [-0.2, 0) is 10.0 Å². The lowest BCUT2D eigenvalue weighted by Gasteiger charge is -2.15. The van der Waals surface area contributed by atoms with Gasteiger partial charge in [-0.15, -0.1) is 0 Å². The summed E-state index contributed by atoms with van der Waals surface area (Å²) in [7, 11) is -4.11. The first-order chi connectivity index (χ1) is 11.8. The minimum Gasteiger partial charge on any atom is -0.545 e. The molecule has 0 unspecified atom stereocenters. The maximum Gasteiger partial charge on any atom is 0.241 e. The molecular weight excluding hydrogens is 346 g/mol. The van der Waals surface area contributed by atoms with Gasteiger partial charge in [0.1, 0.15) is 18.5 Å². The fourth-order valence-corrected chi connectivity index (χ4v) is 3.31. The number of carbonyl (C=O) groups is 1. The number of carbonyl (C=O) groups excluding carboxylic acids is 1. The highest BCUT2D eigenvalue weighted by Gasteiger charge is 2.20. The molecule has 0 fully saturated rings. The van der Waals surface area contributed by atoms with Gasteiger partial charge in [0.25, 0.3) is 0 Å². The van der Waals surface area contributed by atoms with Gasteiger partial charge in [-0.3, -0.25) is 0 Å². The molecule has 0 aliphatic carbocycles. The van der Waals surface area contributed by atoms with E-state index in [1.54, 1.807) is 12.1 Å². The summed E-state index contributed by atoms with van der Waals surface area (Å²) in [4.78, 5) is 10.6. The van der Waals surface area contributed by atoms with Crippen LogP contribution in [0.15, 0.2) is 53.4 Å². The van der Waals surface area contributed by atoms with E-state index in [2.05, 4.69) is 4.72 Å². The number of carboxylic acids is 1. The maximum absolute atomic E-state index is 12.2. The molecule has 134 valence electrons. The van der Waals surface area contributed by atoms with E-state index < -0.39 is 32.6 Å². The Hall–Kier alpha value is -2.42. The van der Waals surface area contributed by atoms with Gasteiger partial charge >= 0.3 is 0 Å². The van der Waals surface area contributed by atoms with Crippen LogP contribution in [0.4, 0.5) is 0 Å². The van der Waals surface area contributed by atoms with Crippen LogP contribution in [0.3, 0.4) is 0 Å². The van der Waals surface area contributed by atoms with Gasteiger partial charge in [-0.2, -0.15) is 0 Å². The summed E-state index contributed by atoms with van der Waals surface area (Å²) in [6, 6.07) is 12.3. The summed E-state index contributed by atoms with van der Waals surface area (Å²) in [5, 5.41) is 20.9. The largest absolute Gasteiger partial charge is 0.545 e. The molecule has 8 heteroatoms. The highest BCUT2D eigenvalue weighted by molar-refractivity contribution is 7.89. The fourth-order valence-electron chi connectivity index (χ4n) is 2.04. The Bertz CT molecular complexity index is 832. The van der Waals surface area contributed by atoms with Crippen LogP contribution in [0.2, 0.25) is 0 Å². The summed E-state index contributed by atoms with van der Waals surface area (Å²) < 4.78 is 32.0. The summed E-state index contributed by atoms with van der Waals surface area (Å²) in [5.41, 5.74) is 0.618. The van der Waals surface area contributed by atoms with Crippen LogP contribution >= 0.6 is 0 Å². The lowest BCUT2D eigenvalue weighted by Crippen LogP contribution is -2.36. The number of hydrogen-bond donors (Lipinski definition) is 2. The number of aryl methyl sites for hydroxylation is 1. The van der Waals surface area contributed by atoms with Crippen molar-refractivity contribution in [3.63, 3.8) is 0 Å². The molecule has 0 aliphatic rings. The van der Waals surface area contributed by atoms with E-state index in [0.29, 0.717) is 5.75 Å². The van der Waals surface area contributed by atoms with Crippen molar-refractivity contribution in [2.75, 3.05) is 13.2 Å². The van der Waals surface area contributed by atoms with Crippen LogP contribution in [0.25, 0.3) is 0 Å². The zero-order valence-electron chi connectivity index (χ0n) is 13.5. The summed E-state index contributed by atoms with van der Waals surface area (Å²) in [6.45, 7) is 1.49. The topological polar surface area (TPSA) is 116 Å². The summed E-state index contributed by atoms with van der Waals surface area (Å²) >= 11 is 0. The number of nitrogens with one attached hydrogen (secondary N) is 1. The van der Waals surface area contributed by atoms with Crippen molar-refractivity contribution >= 4 is 16.0 Å². The predicted octanol–water partition coefficient (Wildman–Crippen LogP) is 0.0767. The van der Waals surface area contributed by atoms with Gasteiger partial charge in [-0.05, 0) is 25.1 Å². The molecule has 0 spiro atoms. The Morgan fingerprint density at radius 2 is 1.84 bits per heavy atom. The van der Waals surface area contributed by atoms with Crippen molar-refractivity contribution in [1.82, 2.24) is 4.72 Å². The Kier molecular flexibility index (Phi) is 6.13. The van der Waals surface area contributed by atoms with E-state index in [9.17, 15) is 23.4 Å². The highest BCUT2D eigenvalue weighted by atomic mass is 32.2. The molecule has 0 aliphatic heterocycles. The molecule has 0 saturated heterocycles. The monoisotopic (exact) mass is 364 g/mol. The molecule has 0 heterocycles. The van der Waals surface area contributed by atoms with Gasteiger partial charge in [0, 0.05) is 12.1 Å². The van der Waals surface area contributed by atoms with Crippen molar-refractivity contribution in [2.45, 2.75) is 17.9 Å². The van der Waals surface area contributed by atoms with E-state index >= 15 is 0 Å². The molecule has 0 amide bonds. The quantitative estimate of drug-likeness (QED) is 0.685. The van der Waals surface area contributed by atoms with Crippen LogP contribution in [0, 0.1) is 6.92 Å². The molecule has 2 rings (SSSR count). The van der Waals surface area contributed by atoms with Crippen molar-refractivity contribution in [1.29, 1.82) is 0 Å². The fraction of sp³-hybridized carbons (Fsp3) is 0.235. The van der Waals surface area contributed by atoms with E-state index in [0.717, 1.165) is 17.7 Å². The number of ether oxygens (including phenoxy) is 1. The van der Waals surface area contributed by atoms with Crippen molar-refractivity contribution < 1.29 is 28.2 Å². The average molecular weight is 364 g/mol. The van der Waals surface area contributed by atoms with Gasteiger partial charge < -0.3 is 19.7 Å². The molecule has 0 aromatic heterocycles. The molecular formula is C17H18NO6S-. The summed E-state index contributed by atoms with van der Waals surface area (Å²) in [5.74, 6) is -1.04. The lowest BCUT2D eigenvalue weighted by atomic mass is 10.2. The van der Waals surface area contributed by atoms with Crippen molar-refractivity contribution in [3.8, 4) is 5.75 Å². The van der Waals surface area contributed by atoms with Crippen molar-refractivity contribution in [2.24, 2.45) is 0 Å². The minimum absolute atomic E-state index is 0.117. The molecule has 2 aromatic rings. The number of aliphatic hydroxyl groups excluding tert-OH is 1. The van der Waals surface area contributed by atoms with E-state index in [1.807, 2.05) is 19.1 Å². The smallest absolute Gasteiger partial charge is 0.241 e. The maximum atomic E-state index is 12.2.